The molecule has 1 unspecified atom stereocenters. The summed E-state index contributed by atoms with van der Waals surface area (Å²) in [7, 11) is 0. The van der Waals surface area contributed by atoms with E-state index < -0.39 is 0 Å². The van der Waals surface area contributed by atoms with Crippen molar-refractivity contribution >= 4 is 0 Å². The van der Waals surface area contributed by atoms with Crippen LogP contribution in [0.25, 0.3) is 0 Å². The first kappa shape index (κ1) is 12.2. The number of hydrogen-bond acceptors (Lipinski definition) is 3. The molecule has 0 amide bonds. The predicted molar refractivity (Wildman–Crippen MR) is 68.6 cm³/mol. The van der Waals surface area contributed by atoms with Gasteiger partial charge in [0.25, 0.3) is 0 Å². The quantitative estimate of drug-likeness (QED) is 0.870. The second-order valence-corrected chi connectivity index (χ2v) is 4.89. The minimum Gasteiger partial charge on any atom is -0.486 e. The van der Waals surface area contributed by atoms with Crippen LogP contribution in [0.1, 0.15) is 26.3 Å². The first-order valence-corrected chi connectivity index (χ1v) is 6.28. The largest absolute Gasteiger partial charge is 0.486 e. The topological polar surface area (TPSA) is 30.5 Å². The molecule has 3 heteroatoms. The van der Waals surface area contributed by atoms with Crippen molar-refractivity contribution in [2.24, 2.45) is 5.92 Å². The minimum absolute atomic E-state index is 0.517. The van der Waals surface area contributed by atoms with E-state index in [1.54, 1.807) is 0 Å². The molecule has 1 atom stereocenters. The third kappa shape index (κ3) is 3.13. The van der Waals surface area contributed by atoms with Crippen molar-refractivity contribution in [2.75, 3.05) is 13.2 Å². The summed E-state index contributed by atoms with van der Waals surface area (Å²) in [5.74, 6) is 2.37. The lowest BCUT2D eigenvalue weighted by atomic mass is 10.1. The molecule has 17 heavy (non-hydrogen) atoms. The maximum Gasteiger partial charge on any atom is 0.161 e. The molecule has 1 aliphatic rings. The molecule has 2 rings (SSSR count). The summed E-state index contributed by atoms with van der Waals surface area (Å²) in [6.07, 6.45) is 0. The van der Waals surface area contributed by atoms with Gasteiger partial charge in [0.05, 0.1) is 0 Å². The molecule has 1 aliphatic heterocycles. The van der Waals surface area contributed by atoms with Gasteiger partial charge < -0.3 is 14.8 Å². The fraction of sp³-hybridized carbons (Fsp3) is 0.571. The molecule has 0 radical (unpaired) electrons. The van der Waals surface area contributed by atoms with Gasteiger partial charge in [0.2, 0.25) is 0 Å². The molecule has 1 aromatic rings. The Labute approximate surface area is 103 Å². The summed E-state index contributed by atoms with van der Waals surface area (Å²) in [6.45, 7) is 8.82. The number of fused-ring (bicyclic) bond motifs is 1. The van der Waals surface area contributed by atoms with E-state index in [0.717, 1.165) is 18.0 Å². The van der Waals surface area contributed by atoms with Crippen LogP contribution in [-0.2, 0) is 6.54 Å². The van der Waals surface area contributed by atoms with Gasteiger partial charge in [-0.3, -0.25) is 0 Å². The summed E-state index contributed by atoms with van der Waals surface area (Å²) in [5.41, 5.74) is 1.24. The maximum atomic E-state index is 5.57. The summed E-state index contributed by atoms with van der Waals surface area (Å²) < 4.78 is 11.1. The van der Waals surface area contributed by atoms with Gasteiger partial charge in [-0.2, -0.15) is 0 Å². The lowest BCUT2D eigenvalue weighted by Crippen LogP contribution is -2.30. The first-order valence-electron chi connectivity index (χ1n) is 6.28. The molecule has 0 fully saturated rings. The van der Waals surface area contributed by atoms with E-state index in [-0.39, 0.29) is 0 Å². The Balaban J connectivity index is 1.97. The van der Waals surface area contributed by atoms with Crippen LogP contribution in [0.2, 0.25) is 0 Å². The Hall–Kier alpha value is -1.22. The molecule has 1 N–H and O–H groups in total. The molecule has 0 aliphatic carbocycles. The Morgan fingerprint density at radius 1 is 1.12 bits per heavy atom. The van der Waals surface area contributed by atoms with Crippen LogP contribution in [0.4, 0.5) is 0 Å². The van der Waals surface area contributed by atoms with Gasteiger partial charge >= 0.3 is 0 Å². The summed E-state index contributed by atoms with van der Waals surface area (Å²) in [6, 6.07) is 6.66. The van der Waals surface area contributed by atoms with Crippen molar-refractivity contribution < 1.29 is 9.47 Å². The highest BCUT2D eigenvalue weighted by Gasteiger charge is 2.12. The van der Waals surface area contributed by atoms with Gasteiger partial charge in [-0.25, -0.2) is 0 Å². The zero-order valence-corrected chi connectivity index (χ0v) is 10.8. The number of rotatable bonds is 4. The van der Waals surface area contributed by atoms with Gasteiger partial charge in [0, 0.05) is 12.6 Å². The molecule has 0 saturated heterocycles. The monoisotopic (exact) mass is 235 g/mol. The molecule has 3 nitrogen and oxygen atoms in total. The SMILES string of the molecule is CC(C)C(C)NCc1ccc2c(c1)OCCO2. The standard InChI is InChI=1S/C14H21NO2/c1-10(2)11(3)15-9-12-4-5-13-14(8-12)17-7-6-16-13/h4-5,8,10-11,15H,6-7,9H2,1-3H3. The summed E-state index contributed by atoms with van der Waals surface area (Å²) in [4.78, 5) is 0. The first-order chi connectivity index (χ1) is 8.16. The van der Waals surface area contributed by atoms with E-state index in [4.69, 9.17) is 9.47 Å². The second-order valence-electron chi connectivity index (χ2n) is 4.89. The molecule has 94 valence electrons. The molecule has 0 bridgehead atoms. The average molecular weight is 235 g/mol. The van der Waals surface area contributed by atoms with Crippen molar-refractivity contribution in [1.29, 1.82) is 0 Å². The number of benzene rings is 1. The van der Waals surface area contributed by atoms with Crippen LogP contribution in [0.15, 0.2) is 18.2 Å². The highest BCUT2D eigenvalue weighted by molar-refractivity contribution is 5.43. The minimum atomic E-state index is 0.517. The Kier molecular flexibility index (Phi) is 3.89. The zero-order valence-electron chi connectivity index (χ0n) is 10.8. The fourth-order valence-corrected chi connectivity index (χ4v) is 1.71. The van der Waals surface area contributed by atoms with Crippen LogP contribution in [0, 0.1) is 5.92 Å². The van der Waals surface area contributed by atoms with Crippen molar-refractivity contribution in [3.05, 3.63) is 23.8 Å². The molecule has 1 heterocycles. The summed E-state index contributed by atoms with van der Waals surface area (Å²) in [5, 5.41) is 3.51. The number of nitrogens with one attached hydrogen (secondary N) is 1. The highest BCUT2D eigenvalue weighted by Crippen LogP contribution is 2.30. The number of ether oxygens (including phenoxy) is 2. The van der Waals surface area contributed by atoms with E-state index in [2.05, 4.69) is 38.2 Å². The van der Waals surface area contributed by atoms with Gasteiger partial charge in [0.1, 0.15) is 13.2 Å². The lowest BCUT2D eigenvalue weighted by molar-refractivity contribution is 0.171. The predicted octanol–water partition coefficient (Wildman–Crippen LogP) is 2.59. The normalized spacial score (nSPS) is 16.0. The molecule has 0 saturated carbocycles. The van der Waals surface area contributed by atoms with Crippen molar-refractivity contribution in [1.82, 2.24) is 5.32 Å². The average Bonchev–Trinajstić information content (AvgIpc) is 2.35. The van der Waals surface area contributed by atoms with Crippen LogP contribution in [-0.4, -0.2) is 19.3 Å². The Bertz CT molecular complexity index is 376. The molecule has 0 spiro atoms. The van der Waals surface area contributed by atoms with Crippen LogP contribution in [0.3, 0.4) is 0 Å². The Morgan fingerprint density at radius 3 is 2.53 bits per heavy atom. The van der Waals surface area contributed by atoms with Crippen molar-refractivity contribution in [2.45, 2.75) is 33.4 Å². The van der Waals surface area contributed by atoms with Crippen LogP contribution < -0.4 is 14.8 Å². The molecular weight excluding hydrogens is 214 g/mol. The van der Waals surface area contributed by atoms with Gasteiger partial charge in [-0.05, 0) is 30.5 Å². The molecule has 1 aromatic carbocycles. The smallest absolute Gasteiger partial charge is 0.161 e. The van der Waals surface area contributed by atoms with Crippen LogP contribution >= 0.6 is 0 Å². The summed E-state index contributed by atoms with van der Waals surface area (Å²) >= 11 is 0. The van der Waals surface area contributed by atoms with Gasteiger partial charge in [0.15, 0.2) is 11.5 Å². The van der Waals surface area contributed by atoms with Crippen molar-refractivity contribution in [3.8, 4) is 11.5 Å². The van der Waals surface area contributed by atoms with E-state index >= 15 is 0 Å². The van der Waals surface area contributed by atoms with E-state index in [1.807, 2.05) is 6.07 Å². The highest BCUT2D eigenvalue weighted by atomic mass is 16.6. The molecular formula is C14H21NO2. The third-order valence-corrected chi connectivity index (χ3v) is 3.23. The van der Waals surface area contributed by atoms with E-state index in [0.29, 0.717) is 25.2 Å². The van der Waals surface area contributed by atoms with Crippen molar-refractivity contribution in [3.63, 3.8) is 0 Å². The number of hydrogen-bond donors (Lipinski definition) is 1. The third-order valence-electron chi connectivity index (χ3n) is 3.23. The van der Waals surface area contributed by atoms with E-state index in [9.17, 15) is 0 Å². The second kappa shape index (κ2) is 5.41. The maximum absolute atomic E-state index is 5.57. The lowest BCUT2D eigenvalue weighted by Gasteiger charge is -2.20. The fourth-order valence-electron chi connectivity index (χ4n) is 1.71. The van der Waals surface area contributed by atoms with Gasteiger partial charge in [-0.1, -0.05) is 19.9 Å². The van der Waals surface area contributed by atoms with Crippen LogP contribution in [0.5, 0.6) is 11.5 Å². The zero-order chi connectivity index (χ0) is 12.3. The van der Waals surface area contributed by atoms with Gasteiger partial charge in [-0.15, -0.1) is 0 Å². The van der Waals surface area contributed by atoms with E-state index in [1.165, 1.54) is 5.56 Å². The molecule has 0 aromatic heterocycles. The Morgan fingerprint density at radius 2 is 1.82 bits per heavy atom.